The van der Waals surface area contributed by atoms with Gasteiger partial charge < -0.3 is 25.8 Å². The van der Waals surface area contributed by atoms with Crippen molar-refractivity contribution in [1.82, 2.24) is 0 Å². The summed E-state index contributed by atoms with van der Waals surface area (Å²) in [6.45, 7) is 4.50. The van der Waals surface area contributed by atoms with Crippen LogP contribution in [0.5, 0.6) is 5.75 Å². The smallest absolute Gasteiger partial charge is 0.351 e. The number of benzene rings is 2. The molecule has 5 N–H and O–H groups in total. The summed E-state index contributed by atoms with van der Waals surface area (Å²) in [5, 5.41) is 25.7. The molecule has 2 aromatic rings. The van der Waals surface area contributed by atoms with Gasteiger partial charge in [0.25, 0.3) is 0 Å². The number of carbonyl (C=O) groups excluding carboxylic acids is 1. The zero-order valence-electron chi connectivity index (χ0n) is 15.0. The van der Waals surface area contributed by atoms with Crippen molar-refractivity contribution in [2.24, 2.45) is 0 Å². The zero-order valence-corrected chi connectivity index (χ0v) is 15.0. The van der Waals surface area contributed by atoms with Gasteiger partial charge in [-0.05, 0) is 60.1 Å². The molecule has 2 unspecified atom stereocenters. The molecule has 6 heteroatoms. The number of carbonyl (C=O) groups is 2. The lowest BCUT2D eigenvalue weighted by atomic mass is 9.84. The maximum absolute atomic E-state index is 9.36. The van der Waals surface area contributed by atoms with E-state index in [2.05, 4.69) is 43.8 Å². The average Bonchev–Trinajstić information content (AvgIpc) is 2.61. The normalized spacial score (nSPS) is 12.4. The Kier molecular flexibility index (Phi) is 8.31. The van der Waals surface area contributed by atoms with Gasteiger partial charge in [0.2, 0.25) is 0 Å². The molecule has 2 atom stereocenters. The number of phenols is 1. The molecule has 0 aliphatic rings. The number of hydrogen-bond acceptors (Lipinski definition) is 4. The first kappa shape index (κ1) is 21.2. The number of carboxylic acids is 2. The van der Waals surface area contributed by atoms with E-state index in [1.54, 1.807) is 12.1 Å². The van der Waals surface area contributed by atoms with Crippen molar-refractivity contribution in [3.05, 3.63) is 59.7 Å². The van der Waals surface area contributed by atoms with E-state index in [0.29, 0.717) is 17.6 Å². The van der Waals surface area contributed by atoms with Gasteiger partial charge in [-0.2, -0.15) is 0 Å². The molecule has 2 aromatic carbocycles. The van der Waals surface area contributed by atoms with Gasteiger partial charge in [-0.1, -0.05) is 38.1 Å². The third-order valence-corrected chi connectivity index (χ3v) is 4.22. The summed E-state index contributed by atoms with van der Waals surface area (Å²) in [5.41, 5.74) is 7.69. The molecule has 0 saturated heterocycles. The van der Waals surface area contributed by atoms with Gasteiger partial charge in [-0.25, -0.2) is 4.79 Å². The van der Waals surface area contributed by atoms with E-state index in [1.807, 2.05) is 12.1 Å². The van der Waals surface area contributed by atoms with Crippen LogP contribution in [0.15, 0.2) is 48.5 Å². The van der Waals surface area contributed by atoms with Crippen LogP contribution >= 0.6 is 0 Å². The minimum atomic E-state index is -2.07. The number of phenolic OH excluding ortho intramolecular Hbond substituents is 1. The molecule has 0 bridgehead atoms. The SMILES string of the molecule is CCC(CC(C)c1ccc(O)cc1)c1ccc([NH3+])cc1.O=C([O-])C(=O)O. The minimum absolute atomic E-state index is 0.332. The Morgan fingerprint density at radius 2 is 1.50 bits per heavy atom. The van der Waals surface area contributed by atoms with Gasteiger partial charge >= 0.3 is 5.97 Å². The van der Waals surface area contributed by atoms with Crippen LogP contribution in [0.3, 0.4) is 0 Å². The molecule has 0 heterocycles. The highest BCUT2D eigenvalue weighted by molar-refractivity contribution is 6.26. The molecular weight excluding hydrogens is 334 g/mol. The Labute approximate surface area is 152 Å². The van der Waals surface area contributed by atoms with Crippen molar-refractivity contribution in [2.75, 3.05) is 0 Å². The summed E-state index contributed by atoms with van der Waals surface area (Å²) in [7, 11) is 0. The number of quaternary nitrogens is 1. The Bertz CT molecular complexity index is 698. The molecule has 0 amide bonds. The highest BCUT2D eigenvalue weighted by Gasteiger charge is 2.15. The maximum Gasteiger partial charge on any atom is 0.351 e. The summed E-state index contributed by atoms with van der Waals surface area (Å²) in [4.78, 5) is 18.0. The Hall–Kier alpha value is -2.86. The maximum atomic E-state index is 9.36. The van der Waals surface area contributed by atoms with Gasteiger partial charge in [0.15, 0.2) is 5.97 Å². The van der Waals surface area contributed by atoms with Crippen molar-refractivity contribution >= 4 is 17.6 Å². The molecular formula is C20H25NO5. The number of carboxylic acid groups (broad SMARTS) is 2. The van der Waals surface area contributed by atoms with Gasteiger partial charge in [0, 0.05) is 0 Å². The fourth-order valence-corrected chi connectivity index (χ4v) is 2.69. The van der Waals surface area contributed by atoms with Crippen molar-refractivity contribution in [2.45, 2.75) is 38.5 Å². The van der Waals surface area contributed by atoms with Gasteiger partial charge in [0.1, 0.15) is 11.4 Å². The Morgan fingerprint density at radius 1 is 1.04 bits per heavy atom. The second-order valence-electron chi connectivity index (χ2n) is 6.17. The van der Waals surface area contributed by atoms with Crippen LogP contribution in [0.1, 0.15) is 49.7 Å². The lowest BCUT2D eigenvalue weighted by molar-refractivity contribution is -0.303. The highest BCUT2D eigenvalue weighted by atomic mass is 16.4. The van der Waals surface area contributed by atoms with Gasteiger partial charge in [-0.3, -0.25) is 0 Å². The number of aliphatic carboxylic acids is 2. The van der Waals surface area contributed by atoms with E-state index >= 15 is 0 Å². The number of hydrogen-bond donors (Lipinski definition) is 3. The van der Waals surface area contributed by atoms with E-state index in [-0.39, 0.29) is 0 Å². The summed E-state index contributed by atoms with van der Waals surface area (Å²) < 4.78 is 0. The van der Waals surface area contributed by atoms with E-state index in [1.165, 1.54) is 11.1 Å². The van der Waals surface area contributed by atoms with Crippen molar-refractivity contribution < 1.29 is 30.6 Å². The molecule has 0 aliphatic heterocycles. The van der Waals surface area contributed by atoms with Crippen LogP contribution in [0.4, 0.5) is 5.69 Å². The second kappa shape index (κ2) is 10.2. The summed E-state index contributed by atoms with van der Waals surface area (Å²) >= 11 is 0. The molecule has 0 aliphatic carbocycles. The quantitative estimate of drug-likeness (QED) is 0.702. The predicted octanol–water partition coefficient (Wildman–Crippen LogP) is 1.77. The molecule has 26 heavy (non-hydrogen) atoms. The minimum Gasteiger partial charge on any atom is -0.539 e. The Balaban J connectivity index is 0.000000487. The van der Waals surface area contributed by atoms with Crippen LogP contribution in [0.25, 0.3) is 0 Å². The second-order valence-corrected chi connectivity index (χ2v) is 6.17. The monoisotopic (exact) mass is 359 g/mol. The molecule has 0 radical (unpaired) electrons. The largest absolute Gasteiger partial charge is 0.539 e. The van der Waals surface area contributed by atoms with Crippen LogP contribution in [0, 0.1) is 0 Å². The third kappa shape index (κ3) is 6.94. The summed E-state index contributed by atoms with van der Waals surface area (Å²) in [5.74, 6) is -2.62. The van der Waals surface area contributed by atoms with E-state index < -0.39 is 11.9 Å². The molecule has 6 nitrogen and oxygen atoms in total. The fraction of sp³-hybridized carbons (Fsp3) is 0.300. The van der Waals surface area contributed by atoms with Crippen LogP contribution in [-0.2, 0) is 9.59 Å². The van der Waals surface area contributed by atoms with Crippen molar-refractivity contribution in [3.63, 3.8) is 0 Å². The molecule has 0 spiro atoms. The molecule has 140 valence electrons. The van der Waals surface area contributed by atoms with Crippen LogP contribution in [0.2, 0.25) is 0 Å². The molecule has 0 saturated carbocycles. The lowest BCUT2D eigenvalue weighted by Crippen LogP contribution is -2.39. The van der Waals surface area contributed by atoms with Crippen molar-refractivity contribution in [3.8, 4) is 5.75 Å². The number of rotatable bonds is 5. The molecule has 2 rings (SSSR count). The predicted molar refractivity (Wildman–Crippen MR) is 95.8 cm³/mol. The first-order valence-electron chi connectivity index (χ1n) is 8.39. The topological polar surface area (TPSA) is 125 Å². The lowest BCUT2D eigenvalue weighted by Gasteiger charge is -2.20. The number of aromatic hydroxyl groups is 1. The van der Waals surface area contributed by atoms with Crippen molar-refractivity contribution in [1.29, 1.82) is 0 Å². The Morgan fingerprint density at radius 3 is 1.92 bits per heavy atom. The van der Waals surface area contributed by atoms with Crippen LogP contribution in [-0.4, -0.2) is 22.2 Å². The summed E-state index contributed by atoms with van der Waals surface area (Å²) in [6.07, 6.45) is 2.26. The van der Waals surface area contributed by atoms with E-state index in [9.17, 15) is 5.11 Å². The summed E-state index contributed by atoms with van der Waals surface area (Å²) in [6, 6.07) is 16.1. The third-order valence-electron chi connectivity index (χ3n) is 4.22. The highest BCUT2D eigenvalue weighted by Crippen LogP contribution is 2.32. The van der Waals surface area contributed by atoms with E-state index in [4.69, 9.17) is 19.8 Å². The van der Waals surface area contributed by atoms with Gasteiger partial charge in [-0.15, -0.1) is 0 Å². The molecule has 0 aromatic heterocycles. The standard InChI is InChI=1S/C18H23NO.C2H2O4/c1-3-14(16-4-8-17(19)9-5-16)12-13(2)15-6-10-18(20)11-7-15;3-1(4)2(5)6/h4-11,13-14,20H,3,12,19H2,1-2H3;(H,3,4)(H,5,6). The fourth-order valence-electron chi connectivity index (χ4n) is 2.69. The molecule has 0 fully saturated rings. The van der Waals surface area contributed by atoms with Crippen LogP contribution < -0.4 is 10.8 Å². The average molecular weight is 359 g/mol. The van der Waals surface area contributed by atoms with Gasteiger partial charge in [0.05, 0.1) is 0 Å². The first-order chi connectivity index (χ1) is 12.2. The van der Waals surface area contributed by atoms with E-state index in [0.717, 1.165) is 18.5 Å². The zero-order chi connectivity index (χ0) is 19.7. The first-order valence-corrected chi connectivity index (χ1v) is 8.39.